The minimum atomic E-state index is -0.463. The Morgan fingerprint density at radius 3 is 2.41 bits per heavy atom. The van der Waals surface area contributed by atoms with E-state index in [-0.39, 0.29) is 0 Å². The van der Waals surface area contributed by atoms with Crippen LogP contribution in [0.2, 0.25) is 5.02 Å². The number of halogens is 1. The van der Waals surface area contributed by atoms with Gasteiger partial charge in [-0.25, -0.2) is 0 Å². The number of piperazine rings is 1. The number of nitrogens with zero attached hydrogens (tertiary/aromatic N) is 3. The minimum absolute atomic E-state index is 0.327. The van der Waals surface area contributed by atoms with Crippen LogP contribution in [0.1, 0.15) is 31.2 Å². The molecule has 6 heteroatoms. The van der Waals surface area contributed by atoms with E-state index in [4.69, 9.17) is 16.3 Å². The van der Waals surface area contributed by atoms with E-state index in [1.54, 1.807) is 0 Å². The Kier molecular flexibility index (Phi) is 8.22. The predicted octanol–water partition coefficient (Wildman–Crippen LogP) is 2.70. The summed E-state index contributed by atoms with van der Waals surface area (Å²) < 4.78 is 6.02. The van der Waals surface area contributed by atoms with Crippen LogP contribution in [-0.2, 0) is 6.54 Å². The molecule has 1 aromatic carbocycles. The van der Waals surface area contributed by atoms with Crippen LogP contribution in [0.5, 0.6) is 5.75 Å². The predicted molar refractivity (Wildman–Crippen MR) is 111 cm³/mol. The van der Waals surface area contributed by atoms with Gasteiger partial charge in [-0.3, -0.25) is 4.90 Å². The zero-order chi connectivity index (χ0) is 19.1. The monoisotopic (exact) mass is 395 g/mol. The van der Waals surface area contributed by atoms with Gasteiger partial charge in [0.2, 0.25) is 0 Å². The van der Waals surface area contributed by atoms with Crippen molar-refractivity contribution in [3.8, 4) is 5.75 Å². The van der Waals surface area contributed by atoms with Crippen molar-refractivity contribution in [3.63, 3.8) is 0 Å². The molecule has 5 nitrogen and oxygen atoms in total. The van der Waals surface area contributed by atoms with E-state index in [0.717, 1.165) is 62.1 Å². The number of rotatable bonds is 7. The lowest BCUT2D eigenvalue weighted by Gasteiger charge is -2.32. The fourth-order valence-corrected chi connectivity index (χ4v) is 4.11. The third kappa shape index (κ3) is 6.91. The maximum Gasteiger partial charge on any atom is 0.124 e. The number of benzene rings is 1. The number of β-amino-alcohol motifs (C(OH)–C–C–N with tert-alkyl or cyclic N) is 1. The number of hydrogen-bond donors (Lipinski definition) is 1. The molecule has 152 valence electrons. The van der Waals surface area contributed by atoms with Gasteiger partial charge in [0.1, 0.15) is 18.5 Å². The topological polar surface area (TPSA) is 39.2 Å². The van der Waals surface area contributed by atoms with Gasteiger partial charge in [0.25, 0.3) is 0 Å². The van der Waals surface area contributed by atoms with Crippen LogP contribution in [0.3, 0.4) is 0 Å². The summed E-state index contributed by atoms with van der Waals surface area (Å²) in [4.78, 5) is 7.16. The van der Waals surface area contributed by atoms with Gasteiger partial charge in [-0.2, -0.15) is 0 Å². The molecule has 0 unspecified atom stereocenters. The second-order valence-corrected chi connectivity index (χ2v) is 8.45. The standard InChI is InChI=1S/C21H34ClN3O2/c1-23-10-12-25(13-11-23)15-18-14-19(22)6-7-21(18)27-17-20(26)16-24-8-4-2-3-5-9-24/h6-7,14,20,26H,2-5,8-13,15-17H2,1H3/t20-/m0/s1. The highest BCUT2D eigenvalue weighted by Gasteiger charge is 2.18. The highest BCUT2D eigenvalue weighted by atomic mass is 35.5. The fraction of sp³-hybridized carbons (Fsp3) is 0.714. The van der Waals surface area contributed by atoms with Crippen LogP contribution in [0.15, 0.2) is 18.2 Å². The molecule has 0 bridgehead atoms. The molecular weight excluding hydrogens is 362 g/mol. The van der Waals surface area contributed by atoms with Crippen molar-refractivity contribution in [3.05, 3.63) is 28.8 Å². The molecule has 0 saturated carbocycles. The second-order valence-electron chi connectivity index (χ2n) is 8.01. The third-order valence-corrected chi connectivity index (χ3v) is 5.85. The van der Waals surface area contributed by atoms with E-state index in [9.17, 15) is 5.11 Å². The number of ether oxygens (including phenoxy) is 1. The van der Waals surface area contributed by atoms with E-state index >= 15 is 0 Å². The lowest BCUT2D eigenvalue weighted by Crippen LogP contribution is -2.43. The van der Waals surface area contributed by atoms with Crippen molar-refractivity contribution in [2.75, 3.05) is 59.5 Å². The average molecular weight is 396 g/mol. The summed E-state index contributed by atoms with van der Waals surface area (Å²) in [5.74, 6) is 0.841. The third-order valence-electron chi connectivity index (χ3n) is 5.61. The van der Waals surface area contributed by atoms with E-state index in [1.165, 1.54) is 25.7 Å². The molecule has 1 N–H and O–H groups in total. The summed E-state index contributed by atoms with van der Waals surface area (Å²) >= 11 is 6.23. The van der Waals surface area contributed by atoms with Gasteiger partial charge in [-0.1, -0.05) is 24.4 Å². The molecule has 2 fully saturated rings. The quantitative estimate of drug-likeness (QED) is 0.768. The maximum absolute atomic E-state index is 10.4. The van der Waals surface area contributed by atoms with E-state index in [1.807, 2.05) is 18.2 Å². The normalized spacial score (nSPS) is 21.7. The van der Waals surface area contributed by atoms with Crippen molar-refractivity contribution in [1.29, 1.82) is 0 Å². The Morgan fingerprint density at radius 2 is 1.70 bits per heavy atom. The van der Waals surface area contributed by atoms with Crippen LogP contribution < -0.4 is 4.74 Å². The first-order chi connectivity index (χ1) is 13.1. The zero-order valence-electron chi connectivity index (χ0n) is 16.6. The summed E-state index contributed by atoms with van der Waals surface area (Å²) in [7, 11) is 2.16. The molecule has 0 spiro atoms. The van der Waals surface area contributed by atoms with Gasteiger partial charge in [-0.05, 0) is 51.2 Å². The van der Waals surface area contributed by atoms with Gasteiger partial charge < -0.3 is 19.6 Å². The molecule has 2 heterocycles. The first-order valence-corrected chi connectivity index (χ1v) is 10.7. The molecule has 27 heavy (non-hydrogen) atoms. The maximum atomic E-state index is 10.4. The Hall–Kier alpha value is -0.850. The van der Waals surface area contributed by atoms with Gasteiger partial charge in [0.05, 0.1) is 0 Å². The van der Waals surface area contributed by atoms with Crippen molar-refractivity contribution in [1.82, 2.24) is 14.7 Å². The van der Waals surface area contributed by atoms with Crippen molar-refractivity contribution >= 4 is 11.6 Å². The summed E-state index contributed by atoms with van der Waals surface area (Å²) in [6.45, 7) is 8.33. The SMILES string of the molecule is CN1CCN(Cc2cc(Cl)ccc2OC[C@@H](O)CN2CCCCCC2)CC1. The van der Waals surface area contributed by atoms with E-state index in [2.05, 4.69) is 21.7 Å². The van der Waals surface area contributed by atoms with Crippen LogP contribution in [0.4, 0.5) is 0 Å². The molecule has 0 amide bonds. The second kappa shape index (κ2) is 10.6. The highest BCUT2D eigenvalue weighted by molar-refractivity contribution is 6.30. The first kappa shape index (κ1) is 20.9. The Balaban J connectivity index is 1.52. The summed E-state index contributed by atoms with van der Waals surface area (Å²) in [5, 5.41) is 11.2. The van der Waals surface area contributed by atoms with Gasteiger partial charge in [0, 0.05) is 49.9 Å². The molecule has 0 aliphatic carbocycles. The summed E-state index contributed by atoms with van der Waals surface area (Å²) in [6, 6.07) is 5.80. The smallest absolute Gasteiger partial charge is 0.124 e. The first-order valence-electron chi connectivity index (χ1n) is 10.3. The van der Waals surface area contributed by atoms with E-state index in [0.29, 0.717) is 13.2 Å². The molecule has 1 aromatic rings. The van der Waals surface area contributed by atoms with Gasteiger partial charge in [-0.15, -0.1) is 0 Å². The summed E-state index contributed by atoms with van der Waals surface area (Å²) in [5.41, 5.74) is 1.11. The highest BCUT2D eigenvalue weighted by Crippen LogP contribution is 2.25. The van der Waals surface area contributed by atoms with Gasteiger partial charge in [0.15, 0.2) is 0 Å². The molecule has 3 rings (SSSR count). The van der Waals surface area contributed by atoms with Gasteiger partial charge >= 0.3 is 0 Å². The van der Waals surface area contributed by atoms with E-state index < -0.39 is 6.10 Å². The lowest BCUT2D eigenvalue weighted by atomic mass is 10.1. The minimum Gasteiger partial charge on any atom is -0.491 e. The summed E-state index contributed by atoms with van der Waals surface area (Å²) in [6.07, 6.45) is 4.63. The van der Waals surface area contributed by atoms with Crippen LogP contribution >= 0.6 is 11.6 Å². The van der Waals surface area contributed by atoms with Crippen LogP contribution in [0, 0.1) is 0 Å². The lowest BCUT2D eigenvalue weighted by molar-refractivity contribution is 0.0684. The number of likely N-dealkylation sites (tertiary alicyclic amines) is 1. The molecule has 1 atom stereocenters. The molecular formula is C21H34ClN3O2. The number of aliphatic hydroxyl groups excluding tert-OH is 1. The van der Waals surface area contributed by atoms with Crippen LogP contribution in [0.25, 0.3) is 0 Å². The number of likely N-dealkylation sites (N-methyl/N-ethyl adjacent to an activating group) is 1. The average Bonchev–Trinajstić information content (AvgIpc) is 2.91. The zero-order valence-corrected chi connectivity index (χ0v) is 17.3. The Bertz CT molecular complexity index is 571. The number of hydrogen-bond acceptors (Lipinski definition) is 5. The largest absolute Gasteiger partial charge is 0.491 e. The van der Waals surface area contributed by atoms with Crippen molar-refractivity contribution in [2.24, 2.45) is 0 Å². The molecule has 0 aromatic heterocycles. The Labute approximate surface area is 168 Å². The molecule has 2 aliphatic rings. The fourth-order valence-electron chi connectivity index (χ4n) is 3.91. The van der Waals surface area contributed by atoms with Crippen LogP contribution in [-0.4, -0.2) is 85.4 Å². The van der Waals surface area contributed by atoms with Crippen molar-refractivity contribution < 1.29 is 9.84 Å². The molecule has 0 radical (unpaired) electrons. The molecule has 2 saturated heterocycles. The molecule has 2 aliphatic heterocycles. The van der Waals surface area contributed by atoms with Crippen molar-refractivity contribution in [2.45, 2.75) is 38.3 Å². The Morgan fingerprint density at radius 1 is 1.00 bits per heavy atom. The number of aliphatic hydroxyl groups is 1.